The fraction of sp³-hybridized carbons (Fsp3) is 0.118. The average molecular weight is 595 g/mol. The number of benzene rings is 5. The average Bonchev–Trinajstić information content (AvgIpc) is 3.44. The van der Waals surface area contributed by atoms with Gasteiger partial charge in [0.15, 0.2) is 0 Å². The van der Waals surface area contributed by atoms with Crippen molar-refractivity contribution in [2.75, 3.05) is 5.06 Å². The second kappa shape index (κ2) is 11.6. The SMILES string of the molecule is Cc1ccc(S(=O)(=O)N=S(=O)(c2ccccc2)[C@@H]2[C@@H](c3ccccc3)N(c3ccccc3)O[C@H]2c2ccccc2)cc1. The summed E-state index contributed by atoms with van der Waals surface area (Å²) in [6.07, 6.45) is -0.777. The zero-order valence-electron chi connectivity index (χ0n) is 22.9. The molecule has 0 radical (unpaired) electrons. The van der Waals surface area contributed by atoms with Gasteiger partial charge in [0.05, 0.1) is 20.3 Å². The Hall–Kier alpha value is -4.24. The Morgan fingerprint density at radius 2 is 1.10 bits per heavy atom. The molecule has 8 heteroatoms. The molecule has 212 valence electrons. The zero-order valence-corrected chi connectivity index (χ0v) is 24.6. The first-order chi connectivity index (χ1) is 20.4. The van der Waals surface area contributed by atoms with Gasteiger partial charge in [-0.15, -0.1) is 3.77 Å². The van der Waals surface area contributed by atoms with Crippen LogP contribution in [-0.2, 0) is 24.6 Å². The minimum Gasteiger partial charge on any atom is -0.263 e. The molecule has 1 heterocycles. The van der Waals surface area contributed by atoms with Crippen LogP contribution < -0.4 is 5.06 Å². The molecule has 1 aliphatic rings. The van der Waals surface area contributed by atoms with Gasteiger partial charge in [-0.3, -0.25) is 4.84 Å². The number of rotatable bonds is 7. The van der Waals surface area contributed by atoms with Gasteiger partial charge in [-0.25, -0.2) is 9.27 Å². The normalized spacial score (nSPS) is 20.1. The first-order valence-corrected chi connectivity index (χ1v) is 16.6. The summed E-state index contributed by atoms with van der Waals surface area (Å²) in [5.41, 5.74) is 3.27. The van der Waals surface area contributed by atoms with E-state index >= 15 is 4.21 Å². The van der Waals surface area contributed by atoms with Crippen LogP contribution >= 0.6 is 0 Å². The number of para-hydroxylation sites is 1. The van der Waals surface area contributed by atoms with Crippen LogP contribution in [0.1, 0.15) is 28.8 Å². The standard InChI is InChI=1S/C34H30N2O4S2/c1-26-22-24-31(25-23-26)42(38,39)35-41(37,30-20-12-5-13-21-30)34-32(27-14-6-2-7-15-27)36(29-18-10-4-11-19-29)40-33(34)28-16-8-3-9-17-28/h2-25,32-34H,1H3/t32-,33+,34-,41?/m1/s1. The molecule has 0 aliphatic carbocycles. The monoisotopic (exact) mass is 594 g/mol. The van der Waals surface area contributed by atoms with Crippen LogP contribution in [0.2, 0.25) is 0 Å². The lowest BCUT2D eigenvalue weighted by Crippen LogP contribution is -2.33. The minimum absolute atomic E-state index is 0.0110. The highest BCUT2D eigenvalue weighted by atomic mass is 32.3. The summed E-state index contributed by atoms with van der Waals surface area (Å²) in [4.78, 5) is 7.03. The molecule has 0 bridgehead atoms. The van der Waals surface area contributed by atoms with Crippen LogP contribution in [0.5, 0.6) is 0 Å². The van der Waals surface area contributed by atoms with E-state index in [1.165, 1.54) is 12.1 Å². The Kier molecular flexibility index (Phi) is 7.68. The van der Waals surface area contributed by atoms with E-state index in [0.717, 1.165) is 22.4 Å². The van der Waals surface area contributed by atoms with Crippen LogP contribution in [0, 0.1) is 6.92 Å². The van der Waals surface area contributed by atoms with Crippen molar-refractivity contribution >= 4 is 25.4 Å². The zero-order chi connectivity index (χ0) is 29.2. The lowest BCUT2D eigenvalue weighted by molar-refractivity contribution is 0.0846. The number of nitrogens with zero attached hydrogens (tertiary/aromatic N) is 2. The predicted octanol–water partition coefficient (Wildman–Crippen LogP) is 7.51. The van der Waals surface area contributed by atoms with Crippen molar-refractivity contribution in [1.29, 1.82) is 0 Å². The first kappa shape index (κ1) is 27.9. The maximum absolute atomic E-state index is 15.7. The maximum atomic E-state index is 15.7. The van der Waals surface area contributed by atoms with Gasteiger partial charge in [-0.05, 0) is 54.4 Å². The lowest BCUT2D eigenvalue weighted by atomic mass is 9.97. The van der Waals surface area contributed by atoms with E-state index in [1.54, 1.807) is 41.5 Å². The van der Waals surface area contributed by atoms with Crippen LogP contribution in [0.4, 0.5) is 5.69 Å². The van der Waals surface area contributed by atoms with Crippen molar-refractivity contribution < 1.29 is 17.5 Å². The van der Waals surface area contributed by atoms with Gasteiger partial charge in [-0.1, -0.05) is 115 Å². The second-order valence-corrected chi connectivity index (χ2v) is 14.3. The van der Waals surface area contributed by atoms with Crippen LogP contribution in [0.3, 0.4) is 0 Å². The molecule has 6 nitrogen and oxygen atoms in total. The molecule has 4 atom stereocenters. The van der Waals surface area contributed by atoms with Gasteiger partial charge in [0, 0.05) is 4.90 Å². The molecule has 0 spiro atoms. The van der Waals surface area contributed by atoms with E-state index in [2.05, 4.69) is 3.77 Å². The largest absolute Gasteiger partial charge is 0.290 e. The molecule has 42 heavy (non-hydrogen) atoms. The van der Waals surface area contributed by atoms with Crippen molar-refractivity contribution in [3.05, 3.63) is 162 Å². The molecule has 0 aromatic heterocycles. The Morgan fingerprint density at radius 3 is 1.67 bits per heavy atom. The molecule has 0 amide bonds. The highest BCUT2D eigenvalue weighted by Gasteiger charge is 2.52. The first-order valence-electron chi connectivity index (χ1n) is 13.6. The van der Waals surface area contributed by atoms with Gasteiger partial charge in [0.25, 0.3) is 10.0 Å². The van der Waals surface area contributed by atoms with Crippen molar-refractivity contribution in [3.8, 4) is 0 Å². The van der Waals surface area contributed by atoms with Gasteiger partial charge >= 0.3 is 0 Å². The molecule has 0 saturated carbocycles. The van der Waals surface area contributed by atoms with E-state index in [4.69, 9.17) is 4.84 Å². The van der Waals surface area contributed by atoms with Crippen molar-refractivity contribution in [2.45, 2.75) is 34.1 Å². The second-order valence-electron chi connectivity index (χ2n) is 10.2. The third-order valence-electron chi connectivity index (χ3n) is 7.35. The van der Waals surface area contributed by atoms with E-state index < -0.39 is 37.1 Å². The van der Waals surface area contributed by atoms with Crippen LogP contribution in [0.25, 0.3) is 0 Å². The fourth-order valence-electron chi connectivity index (χ4n) is 5.32. The molecule has 5 aromatic carbocycles. The van der Waals surface area contributed by atoms with E-state index in [-0.39, 0.29) is 4.90 Å². The third-order valence-corrected chi connectivity index (χ3v) is 12.1. The van der Waals surface area contributed by atoms with Gasteiger partial charge in [0.1, 0.15) is 17.4 Å². The lowest BCUT2D eigenvalue weighted by Gasteiger charge is -2.29. The Morgan fingerprint density at radius 1 is 0.595 bits per heavy atom. The van der Waals surface area contributed by atoms with Crippen molar-refractivity contribution in [2.24, 2.45) is 3.77 Å². The van der Waals surface area contributed by atoms with Gasteiger partial charge in [-0.2, -0.15) is 8.42 Å². The summed E-state index contributed by atoms with van der Waals surface area (Å²) in [5, 5.41) is 0.846. The van der Waals surface area contributed by atoms with Crippen molar-refractivity contribution in [1.82, 2.24) is 0 Å². The summed E-state index contributed by atoms with van der Waals surface area (Å²) in [7, 11) is -8.07. The van der Waals surface area contributed by atoms with Crippen LogP contribution in [0.15, 0.2) is 159 Å². The predicted molar refractivity (Wildman–Crippen MR) is 166 cm³/mol. The summed E-state index contributed by atoms with van der Waals surface area (Å²) in [5.74, 6) is 0. The smallest absolute Gasteiger partial charge is 0.263 e. The quantitative estimate of drug-likeness (QED) is 0.195. The number of aryl methyl sites for hydroxylation is 1. The van der Waals surface area contributed by atoms with E-state index in [0.29, 0.717) is 4.90 Å². The van der Waals surface area contributed by atoms with Gasteiger partial charge < -0.3 is 0 Å². The molecule has 5 aromatic rings. The summed E-state index contributed by atoms with van der Waals surface area (Å²) < 4.78 is 48.0. The topological polar surface area (TPSA) is 76.0 Å². The molecule has 1 saturated heterocycles. The molecular weight excluding hydrogens is 565 g/mol. The number of anilines is 1. The summed E-state index contributed by atoms with van der Waals surface area (Å²) >= 11 is 0. The highest BCUT2D eigenvalue weighted by Crippen LogP contribution is 2.50. The van der Waals surface area contributed by atoms with Crippen LogP contribution in [-0.4, -0.2) is 17.9 Å². The molecule has 1 fully saturated rings. The third kappa shape index (κ3) is 5.36. The number of hydrogen-bond acceptors (Lipinski definition) is 5. The minimum atomic E-state index is -4.34. The Balaban J connectivity index is 1.66. The Labute approximate surface area is 247 Å². The van der Waals surface area contributed by atoms with E-state index in [1.807, 2.05) is 104 Å². The number of sulfonamides is 1. The molecule has 0 N–H and O–H groups in total. The molecule has 1 unspecified atom stereocenters. The Bertz CT molecular complexity index is 1880. The summed E-state index contributed by atoms with van der Waals surface area (Å²) in [6.45, 7) is 1.88. The number of hydroxylamine groups is 1. The van der Waals surface area contributed by atoms with Gasteiger partial charge in [0.2, 0.25) is 0 Å². The highest BCUT2D eigenvalue weighted by molar-refractivity contribution is 8.03. The molecular formula is C34H30N2O4S2. The fourth-order valence-corrected chi connectivity index (χ4v) is 10.1. The maximum Gasteiger partial charge on any atom is 0.290 e. The molecule has 6 rings (SSSR count). The van der Waals surface area contributed by atoms with E-state index in [9.17, 15) is 8.42 Å². The summed E-state index contributed by atoms with van der Waals surface area (Å²) in [6, 6.07) is 43.2. The number of hydrogen-bond donors (Lipinski definition) is 0. The van der Waals surface area contributed by atoms with Crippen molar-refractivity contribution in [3.63, 3.8) is 0 Å². The molecule has 1 aliphatic heterocycles.